The van der Waals surface area contributed by atoms with Gasteiger partial charge < -0.3 is 14.1 Å². The first kappa shape index (κ1) is 9.66. The van der Waals surface area contributed by atoms with Gasteiger partial charge in [0.2, 0.25) is 0 Å². The van der Waals surface area contributed by atoms with Crippen molar-refractivity contribution in [1.82, 2.24) is 4.98 Å². The first-order valence-corrected chi connectivity index (χ1v) is 5.53. The molecule has 2 heterocycles. The van der Waals surface area contributed by atoms with Crippen LogP contribution < -0.4 is 4.90 Å². The molecule has 2 aromatic rings. The van der Waals surface area contributed by atoms with E-state index in [0.29, 0.717) is 6.01 Å². The maximum absolute atomic E-state index is 5.72. The zero-order valence-electron chi connectivity index (χ0n) is 9.27. The highest BCUT2D eigenvalue weighted by Gasteiger charge is 2.16. The number of morpholine rings is 1. The third-order valence-electron chi connectivity index (χ3n) is 2.81. The summed E-state index contributed by atoms with van der Waals surface area (Å²) < 4.78 is 11.0. The Hall–Kier alpha value is -1.55. The van der Waals surface area contributed by atoms with Crippen LogP contribution in [0, 0.1) is 6.92 Å². The Kier molecular flexibility index (Phi) is 2.29. The molecular formula is C12H14N2O2. The highest BCUT2D eigenvalue weighted by atomic mass is 16.5. The minimum absolute atomic E-state index is 0.712. The van der Waals surface area contributed by atoms with Gasteiger partial charge in [0.15, 0.2) is 5.58 Å². The van der Waals surface area contributed by atoms with Crippen LogP contribution in [0.25, 0.3) is 11.1 Å². The molecule has 0 radical (unpaired) electrons. The quantitative estimate of drug-likeness (QED) is 0.733. The van der Waals surface area contributed by atoms with Crippen LogP contribution in [0.1, 0.15) is 5.56 Å². The maximum atomic E-state index is 5.72. The lowest BCUT2D eigenvalue weighted by Gasteiger charge is -2.24. The van der Waals surface area contributed by atoms with E-state index in [2.05, 4.69) is 16.8 Å². The fraction of sp³-hybridized carbons (Fsp3) is 0.417. The van der Waals surface area contributed by atoms with Gasteiger partial charge in [-0.2, -0.15) is 4.98 Å². The monoisotopic (exact) mass is 218 g/mol. The second kappa shape index (κ2) is 3.79. The molecule has 84 valence electrons. The molecule has 0 N–H and O–H groups in total. The molecule has 0 unspecified atom stereocenters. The molecule has 0 saturated carbocycles. The summed E-state index contributed by atoms with van der Waals surface area (Å²) in [5.41, 5.74) is 2.99. The van der Waals surface area contributed by atoms with Gasteiger partial charge in [0, 0.05) is 13.1 Å². The van der Waals surface area contributed by atoms with Crippen molar-refractivity contribution in [2.24, 2.45) is 0 Å². The lowest BCUT2D eigenvalue weighted by atomic mass is 10.2. The smallest absolute Gasteiger partial charge is 0.298 e. The molecular weight excluding hydrogens is 204 g/mol. The molecule has 1 saturated heterocycles. The molecule has 16 heavy (non-hydrogen) atoms. The van der Waals surface area contributed by atoms with E-state index in [1.165, 1.54) is 5.56 Å². The molecule has 0 amide bonds. The van der Waals surface area contributed by atoms with Crippen molar-refractivity contribution in [2.45, 2.75) is 6.92 Å². The number of anilines is 1. The number of benzene rings is 1. The van der Waals surface area contributed by atoms with Gasteiger partial charge in [-0.05, 0) is 24.6 Å². The van der Waals surface area contributed by atoms with Crippen LogP contribution in [-0.4, -0.2) is 31.3 Å². The Bertz CT molecular complexity index is 501. The predicted molar refractivity (Wildman–Crippen MR) is 61.8 cm³/mol. The van der Waals surface area contributed by atoms with Gasteiger partial charge in [-0.25, -0.2) is 0 Å². The number of aromatic nitrogens is 1. The van der Waals surface area contributed by atoms with Crippen molar-refractivity contribution in [3.8, 4) is 0 Å². The van der Waals surface area contributed by atoms with Gasteiger partial charge >= 0.3 is 0 Å². The van der Waals surface area contributed by atoms with E-state index in [4.69, 9.17) is 9.15 Å². The van der Waals surface area contributed by atoms with Crippen LogP contribution in [0.15, 0.2) is 22.6 Å². The van der Waals surface area contributed by atoms with E-state index in [9.17, 15) is 0 Å². The van der Waals surface area contributed by atoms with E-state index in [0.717, 1.165) is 37.4 Å². The number of nitrogens with zero attached hydrogens (tertiary/aromatic N) is 2. The molecule has 1 aliphatic rings. The van der Waals surface area contributed by atoms with E-state index < -0.39 is 0 Å². The third-order valence-corrected chi connectivity index (χ3v) is 2.81. The summed E-state index contributed by atoms with van der Waals surface area (Å²) >= 11 is 0. The minimum Gasteiger partial charge on any atom is -0.423 e. The number of aryl methyl sites for hydroxylation is 1. The number of rotatable bonds is 1. The Balaban J connectivity index is 1.97. The van der Waals surface area contributed by atoms with Crippen LogP contribution in [-0.2, 0) is 4.74 Å². The number of hydrogen-bond acceptors (Lipinski definition) is 4. The average Bonchev–Trinajstić information content (AvgIpc) is 2.73. The Morgan fingerprint density at radius 2 is 2.06 bits per heavy atom. The van der Waals surface area contributed by atoms with Gasteiger partial charge in [-0.3, -0.25) is 0 Å². The summed E-state index contributed by atoms with van der Waals surface area (Å²) in [5.74, 6) is 0. The highest BCUT2D eigenvalue weighted by Crippen LogP contribution is 2.23. The SMILES string of the molecule is Cc1ccc2oc(N3CCOCC3)nc2c1. The number of oxazole rings is 1. The summed E-state index contributed by atoms with van der Waals surface area (Å²) in [6.07, 6.45) is 0. The summed E-state index contributed by atoms with van der Waals surface area (Å²) in [5, 5.41) is 0. The second-order valence-corrected chi connectivity index (χ2v) is 4.07. The summed E-state index contributed by atoms with van der Waals surface area (Å²) in [4.78, 5) is 6.62. The van der Waals surface area contributed by atoms with E-state index in [1.807, 2.05) is 18.2 Å². The van der Waals surface area contributed by atoms with Crippen LogP contribution in [0.2, 0.25) is 0 Å². The molecule has 0 spiro atoms. The van der Waals surface area contributed by atoms with Gasteiger partial charge in [0.05, 0.1) is 13.2 Å². The zero-order valence-corrected chi connectivity index (χ0v) is 9.27. The topological polar surface area (TPSA) is 38.5 Å². The summed E-state index contributed by atoms with van der Waals surface area (Å²) in [6, 6.07) is 6.77. The van der Waals surface area contributed by atoms with Gasteiger partial charge in [0.25, 0.3) is 6.01 Å². The van der Waals surface area contributed by atoms with Crippen molar-refractivity contribution in [1.29, 1.82) is 0 Å². The summed E-state index contributed by atoms with van der Waals surface area (Å²) in [6.45, 7) is 5.26. The van der Waals surface area contributed by atoms with Gasteiger partial charge in [-0.1, -0.05) is 6.07 Å². The Morgan fingerprint density at radius 3 is 2.88 bits per heavy atom. The molecule has 1 aromatic carbocycles. The third kappa shape index (κ3) is 1.65. The Morgan fingerprint density at radius 1 is 1.25 bits per heavy atom. The van der Waals surface area contributed by atoms with Crippen molar-refractivity contribution in [3.05, 3.63) is 23.8 Å². The van der Waals surface area contributed by atoms with Crippen molar-refractivity contribution < 1.29 is 9.15 Å². The first-order valence-electron chi connectivity index (χ1n) is 5.53. The van der Waals surface area contributed by atoms with E-state index in [1.54, 1.807) is 0 Å². The molecule has 3 rings (SSSR count). The normalized spacial score (nSPS) is 16.9. The van der Waals surface area contributed by atoms with Crippen molar-refractivity contribution in [3.63, 3.8) is 0 Å². The van der Waals surface area contributed by atoms with Crippen LogP contribution in [0.4, 0.5) is 6.01 Å². The van der Waals surface area contributed by atoms with E-state index >= 15 is 0 Å². The largest absolute Gasteiger partial charge is 0.423 e. The van der Waals surface area contributed by atoms with Crippen LogP contribution in [0.5, 0.6) is 0 Å². The lowest BCUT2D eigenvalue weighted by Crippen LogP contribution is -2.36. The van der Waals surface area contributed by atoms with Crippen molar-refractivity contribution >= 4 is 17.1 Å². The number of hydrogen-bond donors (Lipinski definition) is 0. The highest BCUT2D eigenvalue weighted by molar-refractivity contribution is 5.75. The molecule has 4 nitrogen and oxygen atoms in total. The number of fused-ring (bicyclic) bond motifs is 1. The zero-order chi connectivity index (χ0) is 11.0. The molecule has 4 heteroatoms. The fourth-order valence-corrected chi connectivity index (χ4v) is 1.92. The van der Waals surface area contributed by atoms with E-state index in [-0.39, 0.29) is 0 Å². The molecule has 0 bridgehead atoms. The number of ether oxygens (including phenoxy) is 1. The fourth-order valence-electron chi connectivity index (χ4n) is 1.92. The predicted octanol–water partition coefficient (Wildman–Crippen LogP) is 1.97. The van der Waals surface area contributed by atoms with Gasteiger partial charge in [-0.15, -0.1) is 0 Å². The van der Waals surface area contributed by atoms with Gasteiger partial charge in [0.1, 0.15) is 5.52 Å². The molecule has 0 aliphatic carbocycles. The Labute approximate surface area is 93.8 Å². The van der Waals surface area contributed by atoms with Crippen LogP contribution >= 0.6 is 0 Å². The lowest BCUT2D eigenvalue weighted by molar-refractivity contribution is 0.120. The maximum Gasteiger partial charge on any atom is 0.298 e. The molecule has 0 atom stereocenters. The average molecular weight is 218 g/mol. The molecule has 1 fully saturated rings. The standard InChI is InChI=1S/C12H14N2O2/c1-9-2-3-11-10(8-9)13-12(16-11)14-4-6-15-7-5-14/h2-3,8H,4-7H2,1H3. The van der Waals surface area contributed by atoms with Crippen LogP contribution in [0.3, 0.4) is 0 Å². The molecule has 1 aliphatic heterocycles. The van der Waals surface area contributed by atoms with Crippen molar-refractivity contribution in [2.75, 3.05) is 31.2 Å². The summed E-state index contributed by atoms with van der Waals surface area (Å²) in [7, 11) is 0. The second-order valence-electron chi connectivity index (χ2n) is 4.07. The molecule has 1 aromatic heterocycles. The minimum atomic E-state index is 0.712. The first-order chi connectivity index (χ1) is 7.83.